The molecule has 1 aromatic carbocycles. The number of cyclic esters (lactones) is 1. The topological polar surface area (TPSA) is 64.4 Å². The largest absolute Gasteiger partial charge is 0.445 e. The molecule has 2 aliphatic rings. The second-order valence-electron chi connectivity index (χ2n) is 6.98. The van der Waals surface area contributed by atoms with Crippen molar-refractivity contribution in [3.05, 3.63) is 53.9 Å². The monoisotopic (exact) mass is 339 g/mol. The van der Waals surface area contributed by atoms with Crippen LogP contribution in [0.15, 0.2) is 42.7 Å². The average Bonchev–Trinajstić information content (AvgIpc) is 3.26. The third-order valence-electron chi connectivity index (χ3n) is 5.13. The predicted molar refractivity (Wildman–Crippen MR) is 90.9 cm³/mol. The molecule has 1 saturated heterocycles. The molecule has 1 amide bonds. The number of hydrogen-bond donors (Lipinski definition) is 0. The summed E-state index contributed by atoms with van der Waals surface area (Å²) >= 11 is 0. The number of likely N-dealkylation sites (tertiary alicyclic amines) is 1. The Morgan fingerprint density at radius 3 is 3.00 bits per heavy atom. The normalized spacial score (nSPS) is 25.6. The van der Waals surface area contributed by atoms with E-state index in [1.54, 1.807) is 19.2 Å². The molecular weight excluding hydrogens is 318 g/mol. The zero-order valence-corrected chi connectivity index (χ0v) is 14.2. The fraction of sp³-hybridized carbons (Fsp3) is 0.421. The van der Waals surface area contributed by atoms with Crippen LogP contribution in [0.3, 0.4) is 0 Å². The molecule has 1 fully saturated rings. The standard InChI is InChI=1S/C19H21N3O3/c1-19(12-14-6-2-3-8-16(14)17(23)25-19)18(24)22-11-4-7-15(22)13-21-10-5-9-20-21/h2-3,5-6,8-10,15H,4,7,11-13H2,1H3/t15-,19-/m0/s1. The molecule has 0 radical (unpaired) electrons. The molecule has 130 valence electrons. The van der Waals surface area contributed by atoms with Crippen LogP contribution in [0.2, 0.25) is 0 Å². The first kappa shape index (κ1) is 15.9. The van der Waals surface area contributed by atoms with Crippen molar-refractivity contribution in [2.24, 2.45) is 0 Å². The average molecular weight is 339 g/mol. The van der Waals surface area contributed by atoms with Gasteiger partial charge >= 0.3 is 5.97 Å². The number of fused-ring (bicyclic) bond motifs is 1. The molecule has 2 aliphatic heterocycles. The summed E-state index contributed by atoms with van der Waals surface area (Å²) in [5, 5.41) is 4.24. The van der Waals surface area contributed by atoms with Crippen molar-refractivity contribution in [1.29, 1.82) is 0 Å². The van der Waals surface area contributed by atoms with E-state index >= 15 is 0 Å². The highest BCUT2D eigenvalue weighted by molar-refractivity contribution is 5.97. The summed E-state index contributed by atoms with van der Waals surface area (Å²) in [6.07, 6.45) is 5.95. The third-order valence-corrected chi connectivity index (χ3v) is 5.13. The Bertz CT molecular complexity index is 802. The lowest BCUT2D eigenvalue weighted by molar-refractivity contribution is -0.152. The van der Waals surface area contributed by atoms with Crippen molar-refractivity contribution in [2.75, 3.05) is 6.54 Å². The lowest BCUT2D eigenvalue weighted by atomic mass is 9.88. The molecule has 6 heteroatoms. The van der Waals surface area contributed by atoms with Gasteiger partial charge in [-0.05, 0) is 37.5 Å². The minimum Gasteiger partial charge on any atom is -0.445 e. The number of nitrogens with zero attached hydrogens (tertiary/aromatic N) is 3. The van der Waals surface area contributed by atoms with Crippen LogP contribution in [0, 0.1) is 0 Å². The molecule has 2 aromatic rings. The van der Waals surface area contributed by atoms with Gasteiger partial charge < -0.3 is 9.64 Å². The first-order valence-electron chi connectivity index (χ1n) is 8.66. The molecule has 0 saturated carbocycles. The van der Waals surface area contributed by atoms with Crippen LogP contribution in [0.25, 0.3) is 0 Å². The van der Waals surface area contributed by atoms with E-state index in [4.69, 9.17) is 4.74 Å². The van der Waals surface area contributed by atoms with E-state index in [-0.39, 0.29) is 11.9 Å². The summed E-state index contributed by atoms with van der Waals surface area (Å²) < 4.78 is 7.45. The number of hydrogen-bond acceptors (Lipinski definition) is 4. The van der Waals surface area contributed by atoms with Crippen molar-refractivity contribution in [3.63, 3.8) is 0 Å². The van der Waals surface area contributed by atoms with Gasteiger partial charge in [-0.1, -0.05) is 18.2 Å². The molecule has 2 atom stereocenters. The second-order valence-corrected chi connectivity index (χ2v) is 6.98. The highest BCUT2D eigenvalue weighted by atomic mass is 16.6. The summed E-state index contributed by atoms with van der Waals surface area (Å²) in [6, 6.07) is 9.30. The smallest absolute Gasteiger partial charge is 0.339 e. The van der Waals surface area contributed by atoms with Crippen molar-refractivity contribution in [3.8, 4) is 0 Å². The number of esters is 1. The van der Waals surface area contributed by atoms with Gasteiger partial charge in [0.15, 0.2) is 5.60 Å². The predicted octanol–water partition coefficient (Wildman–Crippen LogP) is 2.05. The number of amides is 1. The quantitative estimate of drug-likeness (QED) is 0.803. The van der Waals surface area contributed by atoms with Crippen LogP contribution < -0.4 is 0 Å². The number of rotatable bonds is 3. The van der Waals surface area contributed by atoms with E-state index in [9.17, 15) is 9.59 Å². The molecule has 25 heavy (non-hydrogen) atoms. The van der Waals surface area contributed by atoms with E-state index < -0.39 is 11.6 Å². The van der Waals surface area contributed by atoms with Gasteiger partial charge in [-0.15, -0.1) is 0 Å². The second kappa shape index (κ2) is 6.02. The Morgan fingerprint density at radius 1 is 1.36 bits per heavy atom. The van der Waals surface area contributed by atoms with Gasteiger partial charge in [0.25, 0.3) is 5.91 Å². The molecule has 4 rings (SSSR count). The Labute approximate surface area is 146 Å². The van der Waals surface area contributed by atoms with Crippen molar-refractivity contribution in [1.82, 2.24) is 14.7 Å². The number of aromatic nitrogens is 2. The lowest BCUT2D eigenvalue weighted by Crippen LogP contribution is -2.54. The van der Waals surface area contributed by atoms with Gasteiger partial charge in [-0.3, -0.25) is 9.48 Å². The number of benzene rings is 1. The highest BCUT2D eigenvalue weighted by Gasteiger charge is 2.47. The molecule has 0 bridgehead atoms. The van der Waals surface area contributed by atoms with Crippen LogP contribution in [0.4, 0.5) is 0 Å². The lowest BCUT2D eigenvalue weighted by Gasteiger charge is -2.37. The SMILES string of the molecule is C[C@@]1(C(=O)N2CCC[C@H]2Cn2cccn2)Cc2ccccc2C(=O)O1. The molecule has 0 N–H and O–H groups in total. The maximum Gasteiger partial charge on any atom is 0.339 e. The molecule has 0 aliphatic carbocycles. The van der Waals surface area contributed by atoms with E-state index in [1.165, 1.54) is 0 Å². The summed E-state index contributed by atoms with van der Waals surface area (Å²) in [5.74, 6) is -0.523. The van der Waals surface area contributed by atoms with Crippen LogP contribution >= 0.6 is 0 Å². The maximum atomic E-state index is 13.2. The van der Waals surface area contributed by atoms with Gasteiger partial charge in [-0.2, -0.15) is 5.10 Å². The first-order chi connectivity index (χ1) is 12.1. The van der Waals surface area contributed by atoms with Gasteiger partial charge in [0.1, 0.15) is 0 Å². The summed E-state index contributed by atoms with van der Waals surface area (Å²) in [6.45, 7) is 3.09. The van der Waals surface area contributed by atoms with Crippen LogP contribution in [0.1, 0.15) is 35.7 Å². The zero-order chi connectivity index (χ0) is 17.4. The van der Waals surface area contributed by atoms with E-state index in [0.717, 1.165) is 18.4 Å². The Morgan fingerprint density at radius 2 is 2.20 bits per heavy atom. The van der Waals surface area contributed by atoms with Gasteiger partial charge in [0.2, 0.25) is 0 Å². The fourth-order valence-corrected chi connectivity index (χ4v) is 3.87. The Kier molecular flexibility index (Phi) is 3.82. The van der Waals surface area contributed by atoms with Crippen LogP contribution in [0.5, 0.6) is 0 Å². The summed E-state index contributed by atoms with van der Waals surface area (Å²) in [4.78, 5) is 27.5. The van der Waals surface area contributed by atoms with Crippen molar-refractivity contribution in [2.45, 2.75) is 44.4 Å². The van der Waals surface area contributed by atoms with Gasteiger partial charge in [0, 0.05) is 25.4 Å². The molecule has 1 aromatic heterocycles. The number of carbonyl (C=O) groups is 2. The maximum absolute atomic E-state index is 13.2. The molecule has 6 nitrogen and oxygen atoms in total. The summed E-state index contributed by atoms with van der Waals surface area (Å²) in [7, 11) is 0. The molecule has 3 heterocycles. The van der Waals surface area contributed by atoms with E-state index in [0.29, 0.717) is 25.1 Å². The minimum atomic E-state index is -1.14. The number of ether oxygens (including phenoxy) is 1. The number of carbonyl (C=O) groups excluding carboxylic acids is 2. The van der Waals surface area contributed by atoms with Crippen LogP contribution in [-0.2, 0) is 22.5 Å². The van der Waals surface area contributed by atoms with E-state index in [1.807, 2.05) is 40.0 Å². The van der Waals surface area contributed by atoms with Gasteiger partial charge in [0.05, 0.1) is 18.2 Å². The first-order valence-corrected chi connectivity index (χ1v) is 8.66. The fourth-order valence-electron chi connectivity index (χ4n) is 3.87. The van der Waals surface area contributed by atoms with Crippen molar-refractivity contribution < 1.29 is 14.3 Å². The molecule has 0 unspecified atom stereocenters. The Hall–Kier alpha value is -2.63. The van der Waals surface area contributed by atoms with Gasteiger partial charge in [-0.25, -0.2) is 4.79 Å². The zero-order valence-electron chi connectivity index (χ0n) is 14.2. The third kappa shape index (κ3) is 2.81. The van der Waals surface area contributed by atoms with E-state index in [2.05, 4.69) is 5.10 Å². The minimum absolute atomic E-state index is 0.0834. The van der Waals surface area contributed by atoms with Crippen LogP contribution in [-0.4, -0.2) is 44.7 Å². The Balaban J connectivity index is 1.56. The molecular formula is C19H21N3O3. The molecule has 0 spiro atoms. The van der Waals surface area contributed by atoms with Crippen molar-refractivity contribution >= 4 is 11.9 Å². The highest BCUT2D eigenvalue weighted by Crippen LogP contribution is 2.32. The summed E-state index contributed by atoms with van der Waals surface area (Å²) in [5.41, 5.74) is 0.290.